The number of hydrogen-bond donors (Lipinski definition) is 0. The van der Waals surface area contributed by atoms with Crippen LogP contribution in [0.25, 0.3) is 44.4 Å². The summed E-state index contributed by atoms with van der Waals surface area (Å²) in [5, 5.41) is 7.45. The van der Waals surface area contributed by atoms with Crippen molar-refractivity contribution in [2.75, 3.05) is 0 Å². The van der Waals surface area contributed by atoms with E-state index < -0.39 is 0 Å². The van der Waals surface area contributed by atoms with E-state index in [9.17, 15) is 0 Å². The van der Waals surface area contributed by atoms with E-state index in [1.165, 1.54) is 27.9 Å². The molecule has 0 radical (unpaired) electrons. The van der Waals surface area contributed by atoms with Gasteiger partial charge in [0.1, 0.15) is 5.82 Å². The topological polar surface area (TPSA) is 44.9 Å². The summed E-state index contributed by atoms with van der Waals surface area (Å²) in [5.41, 5.74) is 11.2. The van der Waals surface area contributed by atoms with Crippen molar-refractivity contribution in [3.05, 3.63) is 131 Å². The Morgan fingerprint density at radius 1 is 0.812 bits per heavy atom. The number of pyridine rings is 1. The van der Waals surface area contributed by atoms with Crippen LogP contribution in [-0.4, -0.2) is 19.3 Å². The summed E-state index contributed by atoms with van der Waals surface area (Å²) in [6, 6.07) is 37.0. The second kappa shape index (κ2) is 13.9. The molecule has 0 aliphatic heterocycles. The van der Waals surface area contributed by atoms with E-state index in [1.54, 1.807) is 0 Å². The average Bonchev–Trinajstić information content (AvgIpc) is 3.60. The summed E-state index contributed by atoms with van der Waals surface area (Å²) in [6.45, 7) is 13.0. The molecule has 6 heteroatoms. The Morgan fingerprint density at radius 2 is 1.60 bits per heavy atom. The molecule has 5 nitrogen and oxygen atoms in total. The quantitative estimate of drug-likeness (QED) is 0.136. The second-order valence-corrected chi connectivity index (χ2v) is 12.7. The van der Waals surface area contributed by atoms with Crippen molar-refractivity contribution in [2.45, 2.75) is 66.7 Å². The Morgan fingerprint density at radius 3 is 2.33 bits per heavy atom. The number of fused-ring (bicyclic) bond motifs is 3. The fourth-order valence-corrected chi connectivity index (χ4v) is 6.46. The van der Waals surface area contributed by atoms with Crippen molar-refractivity contribution < 1.29 is 25.8 Å². The molecule has 0 unspecified atom stereocenters. The number of aryl methyl sites for hydroxylation is 3. The molecular weight excluding hydrogens is 772 g/mol. The van der Waals surface area contributed by atoms with Crippen LogP contribution in [0, 0.1) is 26.0 Å². The number of hydrogen-bond acceptors (Lipinski definition) is 3. The zero-order valence-corrected chi connectivity index (χ0v) is 30.6. The van der Waals surface area contributed by atoms with Crippen molar-refractivity contribution in [1.29, 1.82) is 0 Å². The first kappa shape index (κ1) is 33.4. The molecule has 0 aliphatic rings. The molecule has 4 aromatic carbocycles. The van der Waals surface area contributed by atoms with Crippen LogP contribution in [0.3, 0.4) is 0 Å². The van der Waals surface area contributed by atoms with Gasteiger partial charge in [0, 0.05) is 34.5 Å². The number of ether oxygens (including phenoxy) is 1. The molecule has 0 aliphatic carbocycles. The van der Waals surface area contributed by atoms with Crippen LogP contribution in [0.1, 0.15) is 68.1 Å². The summed E-state index contributed by atoms with van der Waals surface area (Å²) < 4.78 is 10.9. The van der Waals surface area contributed by atoms with Crippen molar-refractivity contribution >= 4 is 21.8 Å². The van der Waals surface area contributed by atoms with Crippen molar-refractivity contribution in [2.24, 2.45) is 0 Å². The SMILES string of the molecule is CCCc1c(-c2ccc(C)cc2)c(CC)nn1-c1[c-]c(Oc2[c-]c3c(cc2)c2ccccc2n3-c2cc(C)ccn2)cc(C(C)C)c1.[Pt+2]. The Balaban J connectivity index is 0.00000401. The van der Waals surface area contributed by atoms with Gasteiger partial charge >= 0.3 is 21.1 Å². The monoisotopic (exact) mass is 811 g/mol. The van der Waals surface area contributed by atoms with Gasteiger partial charge in [0.05, 0.1) is 5.69 Å². The Labute approximate surface area is 297 Å². The smallest absolute Gasteiger partial charge is 0.509 e. The minimum atomic E-state index is 0. The normalized spacial score (nSPS) is 11.4. The summed E-state index contributed by atoms with van der Waals surface area (Å²) in [4.78, 5) is 4.72. The molecule has 48 heavy (non-hydrogen) atoms. The molecule has 7 rings (SSSR count). The van der Waals surface area contributed by atoms with Crippen LogP contribution in [0.5, 0.6) is 11.5 Å². The predicted octanol–water partition coefficient (Wildman–Crippen LogP) is 10.7. The Hall–Kier alpha value is -4.47. The third kappa shape index (κ3) is 6.24. The van der Waals surface area contributed by atoms with Gasteiger partial charge in [-0.3, -0.25) is 4.68 Å². The molecule has 0 amide bonds. The Bertz CT molecular complexity index is 2230. The molecule has 3 aromatic heterocycles. The van der Waals surface area contributed by atoms with Crippen molar-refractivity contribution in [1.82, 2.24) is 19.3 Å². The van der Waals surface area contributed by atoms with E-state index in [4.69, 9.17) is 14.8 Å². The summed E-state index contributed by atoms with van der Waals surface area (Å²) in [7, 11) is 0. The molecule has 244 valence electrons. The second-order valence-electron chi connectivity index (χ2n) is 12.7. The molecule has 7 aromatic rings. The van der Waals surface area contributed by atoms with Crippen LogP contribution >= 0.6 is 0 Å². The molecule has 0 spiro atoms. The zero-order chi connectivity index (χ0) is 32.7. The van der Waals surface area contributed by atoms with Crippen molar-refractivity contribution in [3.63, 3.8) is 0 Å². The van der Waals surface area contributed by atoms with E-state index in [2.05, 4.69) is 136 Å². The number of nitrogens with zero attached hydrogens (tertiary/aromatic N) is 4. The van der Waals surface area contributed by atoms with Gasteiger partial charge in [-0.15, -0.1) is 41.3 Å². The van der Waals surface area contributed by atoms with Crippen LogP contribution in [0.2, 0.25) is 0 Å². The van der Waals surface area contributed by atoms with Gasteiger partial charge in [0.15, 0.2) is 0 Å². The van der Waals surface area contributed by atoms with Gasteiger partial charge in [0.2, 0.25) is 0 Å². The van der Waals surface area contributed by atoms with Gasteiger partial charge in [-0.2, -0.15) is 11.2 Å². The molecule has 0 atom stereocenters. The molecule has 0 saturated heterocycles. The minimum Gasteiger partial charge on any atom is -0.509 e. The first-order valence-corrected chi connectivity index (χ1v) is 16.7. The van der Waals surface area contributed by atoms with Crippen LogP contribution < -0.4 is 4.74 Å². The van der Waals surface area contributed by atoms with Crippen LogP contribution in [-0.2, 0) is 33.9 Å². The van der Waals surface area contributed by atoms with E-state index >= 15 is 0 Å². The standard InChI is InChI=1S/C42H40N4O.Pt/c1-7-11-39-42(30-16-14-28(5)15-17-30)37(8-2)44-46(39)32-23-31(27(3)4)24-34(25-32)47-33-18-19-36-35-12-9-10-13-38(35)45(40(36)26-33)41-22-29(6)20-21-43-41;/h9-10,12-24,27H,7-8,11H2,1-6H3;/q-2;+2. The van der Waals surface area contributed by atoms with E-state index in [-0.39, 0.29) is 21.1 Å². The fourth-order valence-electron chi connectivity index (χ4n) is 6.46. The van der Waals surface area contributed by atoms with Crippen molar-refractivity contribution in [3.8, 4) is 34.1 Å². The maximum absolute atomic E-state index is 6.63. The molecule has 0 bridgehead atoms. The predicted molar refractivity (Wildman–Crippen MR) is 192 cm³/mol. The molecular formula is C42H40N4OPt. The number of rotatable bonds is 9. The average molecular weight is 812 g/mol. The molecule has 0 saturated carbocycles. The summed E-state index contributed by atoms with van der Waals surface area (Å²) >= 11 is 0. The van der Waals surface area contributed by atoms with Gasteiger partial charge in [-0.1, -0.05) is 87.7 Å². The third-order valence-corrected chi connectivity index (χ3v) is 8.87. The molecule has 0 fully saturated rings. The largest absolute Gasteiger partial charge is 2.00 e. The number of benzene rings is 4. The van der Waals surface area contributed by atoms with E-state index in [1.807, 2.05) is 18.3 Å². The zero-order valence-electron chi connectivity index (χ0n) is 28.4. The number of aromatic nitrogens is 4. The first-order chi connectivity index (χ1) is 22.8. The van der Waals surface area contributed by atoms with E-state index in [0.29, 0.717) is 17.4 Å². The maximum Gasteiger partial charge on any atom is 2.00 e. The van der Waals surface area contributed by atoms with Crippen LogP contribution in [0.15, 0.2) is 91.1 Å². The first-order valence-electron chi connectivity index (χ1n) is 16.7. The molecule has 3 heterocycles. The summed E-state index contributed by atoms with van der Waals surface area (Å²) in [6.07, 6.45) is 4.63. The number of para-hydroxylation sites is 1. The van der Waals surface area contributed by atoms with E-state index in [0.717, 1.165) is 63.8 Å². The van der Waals surface area contributed by atoms with Gasteiger partial charge in [-0.25, -0.2) is 4.98 Å². The van der Waals surface area contributed by atoms with Gasteiger partial charge in [0.25, 0.3) is 0 Å². The fraction of sp³-hybridized carbons (Fsp3) is 0.238. The van der Waals surface area contributed by atoms with Crippen LogP contribution in [0.4, 0.5) is 0 Å². The third-order valence-electron chi connectivity index (χ3n) is 8.87. The Kier molecular flexibility index (Phi) is 9.71. The summed E-state index contributed by atoms with van der Waals surface area (Å²) in [5.74, 6) is 2.42. The maximum atomic E-state index is 6.63. The molecule has 0 N–H and O–H groups in total. The minimum absolute atomic E-state index is 0. The van der Waals surface area contributed by atoms with Gasteiger partial charge < -0.3 is 9.30 Å². The van der Waals surface area contributed by atoms with Gasteiger partial charge in [-0.05, 0) is 73.0 Å².